The molecule has 1 heterocycles. The van der Waals surface area contributed by atoms with Crippen molar-refractivity contribution >= 4 is 17.3 Å². The number of anilines is 1. The van der Waals surface area contributed by atoms with Crippen LogP contribution in [0, 0.1) is 21.4 Å². The molecule has 0 radical (unpaired) electrons. The highest BCUT2D eigenvalue weighted by Gasteiger charge is 2.32. The molecule has 1 amide bonds. The van der Waals surface area contributed by atoms with Gasteiger partial charge in [-0.3, -0.25) is 14.9 Å². The topological polar surface area (TPSA) is 96.5 Å². The third-order valence-electron chi connectivity index (χ3n) is 3.79. The van der Waals surface area contributed by atoms with Crippen LogP contribution in [-0.2, 0) is 11.3 Å². The Morgan fingerprint density at radius 2 is 2.00 bits per heavy atom. The van der Waals surface area contributed by atoms with Crippen LogP contribution in [0.1, 0.15) is 18.1 Å². The molecule has 120 valence electrons. The summed E-state index contributed by atoms with van der Waals surface area (Å²) in [5.41, 5.74) is 1.60. The average molecular weight is 323 g/mol. The Labute approximate surface area is 137 Å². The van der Waals surface area contributed by atoms with Crippen LogP contribution in [0.3, 0.4) is 0 Å². The summed E-state index contributed by atoms with van der Waals surface area (Å²) in [6.07, 6.45) is -0.669. The van der Waals surface area contributed by atoms with E-state index in [4.69, 9.17) is 10.00 Å². The van der Waals surface area contributed by atoms with E-state index in [1.807, 2.05) is 6.07 Å². The van der Waals surface area contributed by atoms with E-state index in [9.17, 15) is 14.9 Å². The van der Waals surface area contributed by atoms with Gasteiger partial charge in [0.05, 0.1) is 28.8 Å². The summed E-state index contributed by atoms with van der Waals surface area (Å²) in [5.74, 6) is 0.161. The lowest BCUT2D eigenvalue weighted by atomic mass is 10.1. The number of nitriles is 1. The Morgan fingerprint density at radius 1 is 1.29 bits per heavy atom. The molecule has 24 heavy (non-hydrogen) atoms. The third kappa shape index (κ3) is 2.77. The van der Waals surface area contributed by atoms with E-state index < -0.39 is 11.0 Å². The van der Waals surface area contributed by atoms with Crippen LogP contribution in [0.5, 0.6) is 5.75 Å². The summed E-state index contributed by atoms with van der Waals surface area (Å²) in [7, 11) is 0. The predicted octanol–water partition coefficient (Wildman–Crippen LogP) is 2.78. The molecule has 2 aromatic carbocycles. The summed E-state index contributed by atoms with van der Waals surface area (Å²) in [6.45, 7) is 1.88. The highest BCUT2D eigenvalue weighted by Crippen LogP contribution is 2.37. The number of benzene rings is 2. The number of fused-ring (bicyclic) bond motifs is 1. The maximum atomic E-state index is 12.5. The first-order valence-corrected chi connectivity index (χ1v) is 7.25. The van der Waals surface area contributed by atoms with Crippen LogP contribution in [0.25, 0.3) is 0 Å². The minimum atomic E-state index is -0.669. The Bertz CT molecular complexity index is 855. The molecule has 0 bridgehead atoms. The Hall–Kier alpha value is -3.40. The monoisotopic (exact) mass is 323 g/mol. The summed E-state index contributed by atoms with van der Waals surface area (Å²) in [5, 5.41) is 19.8. The van der Waals surface area contributed by atoms with E-state index in [0.29, 0.717) is 17.0 Å². The number of nitro groups is 1. The van der Waals surface area contributed by atoms with Gasteiger partial charge in [-0.2, -0.15) is 5.26 Å². The number of nitrogens with zero attached hydrogens (tertiary/aromatic N) is 3. The fraction of sp³-hybridized carbons (Fsp3) is 0.176. The maximum absolute atomic E-state index is 12.5. The van der Waals surface area contributed by atoms with Gasteiger partial charge in [-0.05, 0) is 30.7 Å². The molecule has 7 nitrogen and oxygen atoms in total. The number of ether oxygens (including phenoxy) is 1. The number of nitro benzene ring substituents is 1. The van der Waals surface area contributed by atoms with Gasteiger partial charge in [-0.15, -0.1) is 0 Å². The van der Waals surface area contributed by atoms with Gasteiger partial charge in [0.2, 0.25) is 0 Å². The van der Waals surface area contributed by atoms with Crippen molar-refractivity contribution in [3.05, 3.63) is 63.7 Å². The van der Waals surface area contributed by atoms with E-state index in [-0.39, 0.29) is 18.1 Å². The first kappa shape index (κ1) is 15.5. The second-order valence-corrected chi connectivity index (χ2v) is 5.40. The Morgan fingerprint density at radius 3 is 2.62 bits per heavy atom. The highest BCUT2D eigenvalue weighted by atomic mass is 16.6. The van der Waals surface area contributed by atoms with Crippen molar-refractivity contribution in [1.82, 2.24) is 0 Å². The summed E-state index contributed by atoms with van der Waals surface area (Å²) in [4.78, 5) is 24.4. The van der Waals surface area contributed by atoms with Crippen LogP contribution >= 0.6 is 0 Å². The van der Waals surface area contributed by atoms with Gasteiger partial charge < -0.3 is 9.64 Å². The molecule has 0 N–H and O–H groups in total. The molecule has 0 fully saturated rings. The lowest BCUT2D eigenvalue weighted by molar-refractivity contribution is -0.384. The number of amides is 1. The van der Waals surface area contributed by atoms with Gasteiger partial charge in [0.15, 0.2) is 6.10 Å². The molecular weight excluding hydrogens is 310 g/mol. The van der Waals surface area contributed by atoms with E-state index in [1.54, 1.807) is 31.2 Å². The number of carbonyl (C=O) groups is 1. The minimum absolute atomic E-state index is 0.107. The van der Waals surface area contributed by atoms with Gasteiger partial charge >= 0.3 is 0 Å². The summed E-state index contributed by atoms with van der Waals surface area (Å²) >= 11 is 0. The molecule has 0 spiro atoms. The van der Waals surface area contributed by atoms with E-state index >= 15 is 0 Å². The van der Waals surface area contributed by atoms with Gasteiger partial charge in [0, 0.05) is 12.1 Å². The van der Waals surface area contributed by atoms with Crippen molar-refractivity contribution in [1.29, 1.82) is 5.26 Å². The Kier molecular flexibility index (Phi) is 3.88. The molecule has 1 atom stereocenters. The van der Waals surface area contributed by atoms with Gasteiger partial charge in [-0.25, -0.2) is 0 Å². The lowest BCUT2D eigenvalue weighted by Gasteiger charge is -2.32. The quantitative estimate of drug-likeness (QED) is 0.639. The zero-order valence-electron chi connectivity index (χ0n) is 12.8. The minimum Gasteiger partial charge on any atom is -0.479 e. The van der Waals surface area contributed by atoms with Gasteiger partial charge in [0.1, 0.15) is 5.75 Å². The number of hydrogen-bond acceptors (Lipinski definition) is 5. The first-order valence-electron chi connectivity index (χ1n) is 7.25. The number of non-ortho nitro benzene ring substituents is 1. The fourth-order valence-corrected chi connectivity index (χ4v) is 2.54. The standard InChI is InChI=1S/C17H13N3O4/c1-11-17(21)19(10-13-4-2-12(9-18)3-5-13)15-8-14(20(22)23)6-7-16(15)24-11/h2-8,11H,10H2,1H3/t11-/m1/s1. The average Bonchev–Trinajstić information content (AvgIpc) is 2.59. The molecule has 1 aliphatic rings. The largest absolute Gasteiger partial charge is 0.479 e. The van der Waals surface area contributed by atoms with Crippen LogP contribution < -0.4 is 9.64 Å². The second kappa shape index (κ2) is 6.01. The normalized spacial score (nSPS) is 16.1. The molecule has 0 unspecified atom stereocenters. The van der Waals surface area contributed by atoms with Crippen molar-refractivity contribution in [3.63, 3.8) is 0 Å². The Balaban J connectivity index is 1.99. The van der Waals surface area contributed by atoms with Gasteiger partial charge in [-0.1, -0.05) is 12.1 Å². The van der Waals surface area contributed by atoms with Crippen LogP contribution in [0.15, 0.2) is 42.5 Å². The van der Waals surface area contributed by atoms with E-state index in [0.717, 1.165) is 5.56 Å². The number of carbonyl (C=O) groups excluding carboxylic acids is 1. The first-order chi connectivity index (χ1) is 11.5. The number of hydrogen-bond donors (Lipinski definition) is 0. The molecule has 3 rings (SSSR count). The van der Waals surface area contributed by atoms with Gasteiger partial charge in [0.25, 0.3) is 11.6 Å². The highest BCUT2D eigenvalue weighted by molar-refractivity contribution is 6.00. The van der Waals surface area contributed by atoms with Crippen molar-refractivity contribution in [3.8, 4) is 11.8 Å². The smallest absolute Gasteiger partial charge is 0.271 e. The number of rotatable bonds is 3. The zero-order valence-corrected chi connectivity index (χ0v) is 12.8. The van der Waals surface area contributed by atoms with E-state index in [2.05, 4.69) is 0 Å². The lowest BCUT2D eigenvalue weighted by Crippen LogP contribution is -2.44. The molecule has 0 saturated carbocycles. The van der Waals surface area contributed by atoms with Crippen molar-refractivity contribution in [2.24, 2.45) is 0 Å². The van der Waals surface area contributed by atoms with Crippen molar-refractivity contribution in [2.75, 3.05) is 4.90 Å². The fourth-order valence-electron chi connectivity index (χ4n) is 2.54. The van der Waals surface area contributed by atoms with Crippen molar-refractivity contribution < 1.29 is 14.5 Å². The maximum Gasteiger partial charge on any atom is 0.271 e. The molecule has 0 aliphatic carbocycles. The van der Waals surface area contributed by atoms with Crippen LogP contribution in [-0.4, -0.2) is 16.9 Å². The molecule has 0 aromatic heterocycles. The molecule has 2 aromatic rings. The van der Waals surface area contributed by atoms with Crippen molar-refractivity contribution in [2.45, 2.75) is 19.6 Å². The third-order valence-corrected chi connectivity index (χ3v) is 3.79. The summed E-state index contributed by atoms with van der Waals surface area (Å²) in [6, 6.07) is 13.1. The molecule has 0 saturated heterocycles. The van der Waals surface area contributed by atoms with Crippen LogP contribution in [0.2, 0.25) is 0 Å². The van der Waals surface area contributed by atoms with E-state index in [1.165, 1.54) is 23.1 Å². The predicted molar refractivity (Wildman–Crippen MR) is 85.5 cm³/mol. The SMILES string of the molecule is C[C@H]1Oc2ccc([N+](=O)[O-])cc2N(Cc2ccc(C#N)cc2)C1=O. The van der Waals surface area contributed by atoms with Crippen LogP contribution in [0.4, 0.5) is 11.4 Å². The molecule has 1 aliphatic heterocycles. The molecule has 7 heteroatoms. The zero-order chi connectivity index (χ0) is 17.3. The molecular formula is C17H13N3O4. The summed E-state index contributed by atoms with van der Waals surface area (Å²) < 4.78 is 5.53. The second-order valence-electron chi connectivity index (χ2n) is 5.40.